The van der Waals surface area contributed by atoms with E-state index in [1.165, 1.54) is 4.52 Å². The van der Waals surface area contributed by atoms with Crippen LogP contribution in [0.4, 0.5) is 5.69 Å². The molecule has 4 rings (SSSR count). The Morgan fingerprint density at radius 3 is 2.81 bits per heavy atom. The summed E-state index contributed by atoms with van der Waals surface area (Å²) in [7, 11) is 0. The average Bonchev–Trinajstić information content (AvgIpc) is 3.19. The van der Waals surface area contributed by atoms with E-state index in [1.54, 1.807) is 4.90 Å². The summed E-state index contributed by atoms with van der Waals surface area (Å²) in [4.78, 5) is 34.9. The number of hydrogen-bond acceptors (Lipinski definition) is 6. The maximum absolute atomic E-state index is 12.6. The molecule has 3 heterocycles. The molecule has 0 spiro atoms. The average molecular weight is 365 g/mol. The largest absolute Gasteiger partial charge is 0.450 e. The molecule has 1 amide bonds. The molecule has 0 radical (unpaired) electrons. The molecule has 0 N–H and O–H groups in total. The van der Waals surface area contributed by atoms with E-state index in [-0.39, 0.29) is 24.4 Å². The Morgan fingerprint density at radius 1 is 1.22 bits per heavy atom. The van der Waals surface area contributed by atoms with Crippen LogP contribution in [0.5, 0.6) is 0 Å². The van der Waals surface area contributed by atoms with E-state index in [0.29, 0.717) is 5.78 Å². The number of esters is 1. The van der Waals surface area contributed by atoms with Crippen molar-refractivity contribution in [1.29, 1.82) is 0 Å². The summed E-state index contributed by atoms with van der Waals surface area (Å²) in [6, 6.07) is 9.61. The minimum Gasteiger partial charge on any atom is -0.450 e. The highest BCUT2D eigenvalue weighted by molar-refractivity contribution is 5.98. The Morgan fingerprint density at radius 2 is 2.00 bits per heavy atom. The van der Waals surface area contributed by atoms with E-state index in [9.17, 15) is 9.59 Å². The summed E-state index contributed by atoms with van der Waals surface area (Å²) in [5, 5.41) is 4.12. The Kier molecular flexibility index (Phi) is 4.10. The van der Waals surface area contributed by atoms with Gasteiger partial charge in [-0.3, -0.25) is 4.79 Å². The third-order valence-corrected chi connectivity index (χ3v) is 4.60. The van der Waals surface area contributed by atoms with Crippen LogP contribution in [-0.2, 0) is 16.0 Å². The molecule has 1 aliphatic heterocycles. The second kappa shape index (κ2) is 6.46. The van der Waals surface area contributed by atoms with Crippen LogP contribution >= 0.6 is 0 Å². The van der Waals surface area contributed by atoms with Crippen molar-refractivity contribution in [3.8, 4) is 0 Å². The van der Waals surface area contributed by atoms with Gasteiger partial charge in [0.25, 0.3) is 17.5 Å². The number of para-hydroxylation sites is 1. The quantitative estimate of drug-likeness (QED) is 0.658. The fourth-order valence-electron chi connectivity index (χ4n) is 3.46. The summed E-state index contributed by atoms with van der Waals surface area (Å²) in [5.41, 5.74) is 3.57. The molecule has 0 saturated heterocycles. The van der Waals surface area contributed by atoms with Crippen LogP contribution in [0.1, 0.15) is 34.5 Å². The third-order valence-electron chi connectivity index (χ3n) is 4.60. The van der Waals surface area contributed by atoms with Gasteiger partial charge in [-0.25, -0.2) is 14.3 Å². The summed E-state index contributed by atoms with van der Waals surface area (Å²) < 4.78 is 6.65. The van der Waals surface area contributed by atoms with E-state index in [2.05, 4.69) is 15.1 Å². The van der Waals surface area contributed by atoms with Gasteiger partial charge in [0.15, 0.2) is 6.61 Å². The van der Waals surface area contributed by atoms with Crippen LogP contribution in [0.2, 0.25) is 0 Å². The first-order chi connectivity index (χ1) is 12.9. The molecule has 1 aromatic carbocycles. The van der Waals surface area contributed by atoms with E-state index in [0.717, 1.165) is 29.1 Å². The predicted molar refractivity (Wildman–Crippen MR) is 97.6 cm³/mol. The SMILES string of the molecule is Cc1cc(C)n2nc(C(=O)OCC(=O)N3c4ccccc4CC3C)nc2n1. The smallest absolute Gasteiger partial charge is 0.378 e. The highest BCUT2D eigenvalue weighted by atomic mass is 16.5. The molecule has 8 heteroatoms. The van der Waals surface area contributed by atoms with Gasteiger partial charge in [-0.05, 0) is 44.9 Å². The molecular weight excluding hydrogens is 346 g/mol. The summed E-state index contributed by atoms with van der Waals surface area (Å²) in [6.07, 6.45) is 0.786. The Balaban J connectivity index is 1.48. The van der Waals surface area contributed by atoms with Crippen molar-refractivity contribution in [1.82, 2.24) is 19.6 Å². The number of ether oxygens (including phenoxy) is 1. The van der Waals surface area contributed by atoms with Gasteiger partial charge in [0, 0.05) is 23.1 Å². The van der Waals surface area contributed by atoms with E-state index >= 15 is 0 Å². The van der Waals surface area contributed by atoms with Gasteiger partial charge in [-0.15, -0.1) is 5.10 Å². The first-order valence-electron chi connectivity index (χ1n) is 8.72. The van der Waals surface area contributed by atoms with Gasteiger partial charge >= 0.3 is 5.97 Å². The summed E-state index contributed by atoms with van der Waals surface area (Å²) in [6.45, 7) is 5.30. The number of anilines is 1. The van der Waals surface area contributed by atoms with Crippen LogP contribution in [0.15, 0.2) is 30.3 Å². The predicted octanol–water partition coefficient (Wildman–Crippen LogP) is 1.88. The number of hydrogen-bond donors (Lipinski definition) is 0. The molecule has 27 heavy (non-hydrogen) atoms. The molecule has 0 saturated carbocycles. The fraction of sp³-hybridized carbons (Fsp3) is 0.316. The van der Waals surface area contributed by atoms with Crippen molar-refractivity contribution in [2.45, 2.75) is 33.2 Å². The van der Waals surface area contributed by atoms with Gasteiger partial charge in [0.2, 0.25) is 0 Å². The van der Waals surface area contributed by atoms with Gasteiger partial charge < -0.3 is 9.64 Å². The number of benzene rings is 1. The Hall–Kier alpha value is -3.29. The van der Waals surface area contributed by atoms with Crippen molar-refractivity contribution in [3.63, 3.8) is 0 Å². The van der Waals surface area contributed by atoms with E-state index < -0.39 is 5.97 Å². The van der Waals surface area contributed by atoms with Crippen molar-refractivity contribution >= 4 is 23.3 Å². The monoisotopic (exact) mass is 365 g/mol. The topological polar surface area (TPSA) is 89.7 Å². The van der Waals surface area contributed by atoms with Crippen LogP contribution in [0.3, 0.4) is 0 Å². The Bertz CT molecular complexity index is 1060. The van der Waals surface area contributed by atoms with Crippen molar-refractivity contribution in [2.75, 3.05) is 11.5 Å². The molecule has 0 bridgehead atoms. The van der Waals surface area contributed by atoms with Gasteiger partial charge in [0.1, 0.15) is 0 Å². The lowest BCUT2D eigenvalue weighted by Crippen LogP contribution is -2.38. The first-order valence-corrected chi connectivity index (χ1v) is 8.72. The van der Waals surface area contributed by atoms with Crippen molar-refractivity contribution in [2.24, 2.45) is 0 Å². The highest BCUT2D eigenvalue weighted by Gasteiger charge is 2.31. The minimum absolute atomic E-state index is 0.0248. The maximum atomic E-state index is 12.6. The number of amides is 1. The van der Waals surface area contributed by atoms with Crippen LogP contribution in [0, 0.1) is 13.8 Å². The van der Waals surface area contributed by atoms with Crippen molar-refractivity contribution in [3.05, 3.63) is 53.1 Å². The van der Waals surface area contributed by atoms with Gasteiger partial charge in [0.05, 0.1) is 0 Å². The lowest BCUT2D eigenvalue weighted by molar-refractivity contribution is -0.122. The number of rotatable bonds is 3. The first kappa shape index (κ1) is 17.1. The summed E-state index contributed by atoms with van der Waals surface area (Å²) in [5.74, 6) is -0.799. The van der Waals surface area contributed by atoms with Crippen LogP contribution in [0.25, 0.3) is 5.78 Å². The molecule has 2 aromatic heterocycles. The standard InChI is InChI=1S/C19H19N5O3/c1-11-8-13(3)24-19(20-11)21-17(22-24)18(26)27-10-16(25)23-12(2)9-14-6-4-5-7-15(14)23/h4-8,12H,9-10H2,1-3H3. The molecule has 1 aliphatic rings. The number of carbonyl (C=O) groups is 2. The lowest BCUT2D eigenvalue weighted by atomic mass is 10.1. The molecule has 3 aromatic rings. The second-order valence-electron chi connectivity index (χ2n) is 6.71. The number of carbonyl (C=O) groups excluding carboxylic acids is 2. The highest BCUT2D eigenvalue weighted by Crippen LogP contribution is 2.31. The third kappa shape index (κ3) is 3.03. The number of aromatic nitrogens is 4. The zero-order valence-electron chi connectivity index (χ0n) is 15.3. The maximum Gasteiger partial charge on any atom is 0.378 e. The molecule has 8 nitrogen and oxygen atoms in total. The molecule has 1 atom stereocenters. The molecule has 0 aliphatic carbocycles. The van der Waals surface area contributed by atoms with Crippen LogP contribution < -0.4 is 4.90 Å². The van der Waals surface area contributed by atoms with E-state index in [4.69, 9.17) is 4.74 Å². The molecule has 0 fully saturated rings. The molecule has 138 valence electrons. The Labute approximate surface area is 155 Å². The van der Waals surface area contributed by atoms with E-state index in [1.807, 2.05) is 51.1 Å². The summed E-state index contributed by atoms with van der Waals surface area (Å²) >= 11 is 0. The molecular formula is C19H19N5O3. The van der Waals surface area contributed by atoms with Crippen molar-refractivity contribution < 1.29 is 14.3 Å². The van der Waals surface area contributed by atoms with Gasteiger partial charge in [-0.1, -0.05) is 18.2 Å². The lowest BCUT2D eigenvalue weighted by Gasteiger charge is -2.22. The number of nitrogens with zero attached hydrogens (tertiary/aromatic N) is 5. The zero-order valence-corrected chi connectivity index (χ0v) is 15.3. The van der Waals surface area contributed by atoms with Crippen LogP contribution in [-0.4, -0.2) is 44.1 Å². The van der Waals surface area contributed by atoms with Gasteiger partial charge in [-0.2, -0.15) is 4.98 Å². The normalized spacial score (nSPS) is 15.8. The zero-order chi connectivity index (χ0) is 19.1. The molecule has 1 unspecified atom stereocenters. The number of fused-ring (bicyclic) bond motifs is 2. The number of aryl methyl sites for hydroxylation is 2. The minimum atomic E-state index is -0.744. The second-order valence-corrected chi connectivity index (χ2v) is 6.71. The fourth-order valence-corrected chi connectivity index (χ4v) is 3.46.